The molecule has 1 aliphatic carbocycles. The van der Waals surface area contributed by atoms with Crippen LogP contribution in [0.5, 0.6) is 0 Å². The van der Waals surface area contributed by atoms with Gasteiger partial charge in [-0.1, -0.05) is 25.7 Å². The Morgan fingerprint density at radius 1 is 1.15 bits per heavy atom. The number of aliphatic imine (C=N–C) groups is 1. The van der Waals surface area contributed by atoms with Crippen LogP contribution in [0.4, 0.5) is 0 Å². The van der Waals surface area contributed by atoms with Crippen LogP contribution in [0.3, 0.4) is 0 Å². The number of guanidine groups is 1. The molecule has 0 spiro atoms. The maximum Gasteiger partial charge on any atom is 0.192 e. The zero-order valence-corrected chi connectivity index (χ0v) is 12.5. The second-order valence-electron chi connectivity index (χ2n) is 6.12. The minimum absolute atomic E-state index is 0.275. The third-order valence-electron chi connectivity index (χ3n) is 4.76. The van der Waals surface area contributed by atoms with Gasteiger partial charge in [0.05, 0.1) is 18.3 Å². The predicted octanol–water partition coefficient (Wildman–Crippen LogP) is 2.42. The molecule has 0 saturated heterocycles. The summed E-state index contributed by atoms with van der Waals surface area (Å²) < 4.78 is 0. The van der Waals surface area contributed by atoms with E-state index in [1.54, 1.807) is 0 Å². The summed E-state index contributed by atoms with van der Waals surface area (Å²) in [7, 11) is 0. The van der Waals surface area contributed by atoms with E-state index >= 15 is 0 Å². The summed E-state index contributed by atoms with van der Waals surface area (Å²) in [5.41, 5.74) is 9.72. The molecule has 110 valence electrons. The lowest BCUT2D eigenvalue weighted by Gasteiger charge is -2.34. The molecule has 1 atom stereocenters. The fourth-order valence-corrected chi connectivity index (χ4v) is 3.77. The van der Waals surface area contributed by atoms with Crippen LogP contribution in [-0.2, 0) is 0 Å². The van der Waals surface area contributed by atoms with E-state index in [2.05, 4.69) is 33.9 Å². The topological polar surface area (TPSA) is 70.3 Å². The quantitative estimate of drug-likeness (QED) is 0.814. The average molecular weight is 275 g/mol. The van der Waals surface area contributed by atoms with Gasteiger partial charge in [-0.05, 0) is 26.7 Å². The molecule has 0 radical (unpaired) electrons. The highest BCUT2D eigenvalue weighted by molar-refractivity contribution is 5.81. The van der Waals surface area contributed by atoms with E-state index in [4.69, 9.17) is 5.73 Å². The summed E-state index contributed by atoms with van der Waals surface area (Å²) in [4.78, 5) is 6.89. The van der Waals surface area contributed by atoms with Gasteiger partial charge in [-0.15, -0.1) is 0 Å². The lowest BCUT2D eigenvalue weighted by molar-refractivity contribution is 0.236. The summed E-state index contributed by atoms with van der Waals surface area (Å²) in [6, 6.07) is 0.819. The number of rotatable bonds is 2. The van der Waals surface area contributed by atoms with Gasteiger partial charge in [0.2, 0.25) is 0 Å². The SMILES string of the molecule is Cc1n[nH]c(C)c1C1CN=C(N)N1C1CCCCCC1. The van der Waals surface area contributed by atoms with E-state index in [1.807, 2.05) is 0 Å². The van der Waals surface area contributed by atoms with Gasteiger partial charge >= 0.3 is 0 Å². The molecule has 1 unspecified atom stereocenters. The standard InChI is InChI=1S/C15H25N5/c1-10-14(11(2)19-18-10)13-9-17-15(16)20(13)12-7-5-3-4-6-8-12/h12-13H,3-9H2,1-2H3,(H2,16,17)(H,18,19). The molecule has 1 saturated carbocycles. The Kier molecular flexibility index (Phi) is 3.68. The first-order chi connectivity index (χ1) is 9.68. The van der Waals surface area contributed by atoms with Crippen molar-refractivity contribution in [3.63, 3.8) is 0 Å². The second-order valence-corrected chi connectivity index (χ2v) is 6.12. The Morgan fingerprint density at radius 3 is 2.45 bits per heavy atom. The lowest BCUT2D eigenvalue weighted by Crippen LogP contribution is -2.43. The minimum atomic E-state index is 0.275. The molecular formula is C15H25N5. The number of aromatic amines is 1. The van der Waals surface area contributed by atoms with Crippen LogP contribution in [0, 0.1) is 13.8 Å². The van der Waals surface area contributed by atoms with Gasteiger partial charge in [0.15, 0.2) is 5.96 Å². The molecule has 1 aromatic rings. The zero-order chi connectivity index (χ0) is 14.1. The van der Waals surface area contributed by atoms with Gasteiger partial charge in [0.1, 0.15) is 0 Å². The predicted molar refractivity (Wildman–Crippen MR) is 80.6 cm³/mol. The highest BCUT2D eigenvalue weighted by Crippen LogP contribution is 2.34. The lowest BCUT2D eigenvalue weighted by atomic mass is 9.99. The number of aryl methyl sites for hydroxylation is 2. The summed E-state index contributed by atoms with van der Waals surface area (Å²) in [5, 5.41) is 7.44. The molecular weight excluding hydrogens is 250 g/mol. The van der Waals surface area contributed by atoms with Gasteiger partial charge in [0.25, 0.3) is 0 Å². The average Bonchev–Trinajstić information content (AvgIpc) is 2.84. The first kappa shape index (κ1) is 13.5. The zero-order valence-electron chi connectivity index (χ0n) is 12.5. The maximum atomic E-state index is 6.20. The van der Waals surface area contributed by atoms with E-state index in [0.717, 1.165) is 23.9 Å². The van der Waals surface area contributed by atoms with Crippen LogP contribution in [0.25, 0.3) is 0 Å². The fourth-order valence-electron chi connectivity index (χ4n) is 3.77. The van der Waals surface area contributed by atoms with Gasteiger partial charge in [0, 0.05) is 17.3 Å². The smallest absolute Gasteiger partial charge is 0.192 e. The van der Waals surface area contributed by atoms with Gasteiger partial charge in [-0.3, -0.25) is 10.1 Å². The first-order valence-electron chi connectivity index (χ1n) is 7.78. The molecule has 1 fully saturated rings. The number of nitrogens with one attached hydrogen (secondary N) is 1. The van der Waals surface area contributed by atoms with Crippen molar-refractivity contribution in [2.75, 3.05) is 6.54 Å². The van der Waals surface area contributed by atoms with Gasteiger partial charge in [-0.2, -0.15) is 5.10 Å². The van der Waals surface area contributed by atoms with Crippen molar-refractivity contribution in [3.05, 3.63) is 17.0 Å². The number of nitrogens with two attached hydrogens (primary N) is 1. The fraction of sp³-hybridized carbons (Fsp3) is 0.733. The monoisotopic (exact) mass is 275 g/mol. The molecule has 2 heterocycles. The molecule has 1 aliphatic heterocycles. The normalized spacial score (nSPS) is 24.8. The van der Waals surface area contributed by atoms with Crippen molar-refractivity contribution >= 4 is 5.96 Å². The van der Waals surface area contributed by atoms with Crippen molar-refractivity contribution in [2.24, 2.45) is 10.7 Å². The summed E-state index contributed by atoms with van der Waals surface area (Å²) >= 11 is 0. The largest absolute Gasteiger partial charge is 0.370 e. The molecule has 0 bridgehead atoms. The molecule has 0 amide bonds. The first-order valence-corrected chi connectivity index (χ1v) is 7.78. The summed E-state index contributed by atoms with van der Waals surface area (Å²) in [5.74, 6) is 0.724. The molecule has 20 heavy (non-hydrogen) atoms. The van der Waals surface area contributed by atoms with Crippen molar-refractivity contribution in [2.45, 2.75) is 64.5 Å². The van der Waals surface area contributed by atoms with Crippen LogP contribution in [0.2, 0.25) is 0 Å². The Hall–Kier alpha value is -1.52. The van der Waals surface area contributed by atoms with E-state index in [-0.39, 0.29) is 6.04 Å². The van der Waals surface area contributed by atoms with E-state index in [1.165, 1.54) is 44.1 Å². The number of nitrogens with zero attached hydrogens (tertiary/aromatic N) is 3. The third kappa shape index (κ3) is 2.30. The summed E-state index contributed by atoms with van der Waals surface area (Å²) in [6.45, 7) is 4.93. The third-order valence-corrected chi connectivity index (χ3v) is 4.76. The van der Waals surface area contributed by atoms with E-state index in [0.29, 0.717) is 6.04 Å². The van der Waals surface area contributed by atoms with E-state index in [9.17, 15) is 0 Å². The molecule has 5 nitrogen and oxygen atoms in total. The Bertz CT molecular complexity index is 477. The van der Waals surface area contributed by atoms with Crippen molar-refractivity contribution in [1.82, 2.24) is 15.1 Å². The van der Waals surface area contributed by atoms with Crippen LogP contribution in [0.15, 0.2) is 4.99 Å². The van der Waals surface area contributed by atoms with Crippen molar-refractivity contribution in [1.29, 1.82) is 0 Å². The molecule has 0 aromatic carbocycles. The van der Waals surface area contributed by atoms with Crippen LogP contribution >= 0.6 is 0 Å². The van der Waals surface area contributed by atoms with Crippen LogP contribution < -0.4 is 5.73 Å². The number of hydrogen-bond donors (Lipinski definition) is 2. The molecule has 3 N–H and O–H groups in total. The van der Waals surface area contributed by atoms with Crippen molar-refractivity contribution < 1.29 is 0 Å². The van der Waals surface area contributed by atoms with Crippen LogP contribution in [-0.4, -0.2) is 33.6 Å². The Morgan fingerprint density at radius 2 is 1.85 bits per heavy atom. The maximum absolute atomic E-state index is 6.20. The molecule has 2 aliphatic rings. The highest BCUT2D eigenvalue weighted by atomic mass is 15.3. The Labute approximate surface area is 120 Å². The van der Waals surface area contributed by atoms with Crippen molar-refractivity contribution in [3.8, 4) is 0 Å². The molecule has 3 rings (SSSR count). The van der Waals surface area contributed by atoms with Gasteiger partial charge in [-0.25, -0.2) is 0 Å². The summed E-state index contributed by atoms with van der Waals surface area (Å²) in [6.07, 6.45) is 7.81. The molecule has 5 heteroatoms. The second kappa shape index (κ2) is 5.46. The Balaban J connectivity index is 1.88. The van der Waals surface area contributed by atoms with E-state index < -0.39 is 0 Å². The number of aromatic nitrogens is 2. The molecule has 1 aromatic heterocycles. The number of hydrogen-bond acceptors (Lipinski definition) is 4. The van der Waals surface area contributed by atoms with Gasteiger partial charge < -0.3 is 10.6 Å². The number of H-pyrrole nitrogens is 1. The highest BCUT2D eigenvalue weighted by Gasteiger charge is 2.35. The minimum Gasteiger partial charge on any atom is -0.370 e. The van der Waals surface area contributed by atoms with Crippen LogP contribution in [0.1, 0.15) is 61.5 Å².